The molecular formula is C29H38O4. The molecule has 1 unspecified atom stereocenters. The van der Waals surface area contributed by atoms with E-state index < -0.39 is 11.4 Å². The molecule has 0 radical (unpaired) electrons. The summed E-state index contributed by atoms with van der Waals surface area (Å²) in [6.45, 7) is 12.8. The maximum absolute atomic E-state index is 12.1. The number of hydrogen-bond donors (Lipinski definition) is 3. The molecule has 0 aromatic heterocycles. The van der Waals surface area contributed by atoms with Crippen molar-refractivity contribution in [1.82, 2.24) is 0 Å². The second-order valence-electron chi connectivity index (χ2n) is 11.8. The van der Waals surface area contributed by atoms with E-state index >= 15 is 0 Å². The molecule has 178 valence electrons. The number of allylic oxidation sites excluding steroid dienone is 2. The van der Waals surface area contributed by atoms with Crippen molar-refractivity contribution in [2.24, 2.45) is 16.2 Å². The first-order chi connectivity index (χ1) is 15.3. The highest BCUT2D eigenvalue weighted by molar-refractivity contribution is 5.93. The predicted molar refractivity (Wildman–Crippen MR) is 133 cm³/mol. The Bertz CT molecular complexity index is 1170. The van der Waals surface area contributed by atoms with Gasteiger partial charge in [0, 0.05) is 5.56 Å². The molecule has 2 aliphatic carbocycles. The largest absolute Gasteiger partial charge is 0.504 e. The summed E-state index contributed by atoms with van der Waals surface area (Å²) in [5, 5.41) is 32.4. The van der Waals surface area contributed by atoms with Crippen LogP contribution in [0.2, 0.25) is 0 Å². The number of aryl methyl sites for hydroxylation is 3. The summed E-state index contributed by atoms with van der Waals surface area (Å²) in [7, 11) is 0. The zero-order valence-corrected chi connectivity index (χ0v) is 20.9. The minimum Gasteiger partial charge on any atom is -0.504 e. The summed E-state index contributed by atoms with van der Waals surface area (Å²) in [4.78, 5) is 12.1. The SMILES string of the molecule is Cc1ccc2c(C)c(O)c(O)cc2c1CCC1=C2C[C@](C)(C(=O)O)CCC2(C)CCC1(C)C. The first-order valence-electron chi connectivity index (χ1n) is 12.2. The van der Waals surface area contributed by atoms with Crippen molar-refractivity contribution in [2.75, 3.05) is 0 Å². The Morgan fingerprint density at radius 2 is 1.61 bits per heavy atom. The molecule has 2 atom stereocenters. The standard InChI is InChI=1S/C29H38O4/c1-17-7-8-20-18(2)25(31)24(30)15-21(20)19(17)9-10-22-23-16-29(6,26(32)33)14-13-28(23,5)12-11-27(22,3)4/h7-8,15,30-31H,9-14,16H2,1-6H3,(H,32,33)/t28?,29-/m1/s1. The first-order valence-corrected chi connectivity index (χ1v) is 12.2. The molecule has 0 heterocycles. The Hall–Kier alpha value is -2.49. The van der Waals surface area contributed by atoms with Gasteiger partial charge in [-0.1, -0.05) is 44.1 Å². The van der Waals surface area contributed by atoms with Gasteiger partial charge in [-0.2, -0.15) is 0 Å². The molecule has 4 rings (SSSR count). The van der Waals surface area contributed by atoms with Gasteiger partial charge >= 0.3 is 5.97 Å². The van der Waals surface area contributed by atoms with Crippen LogP contribution in [-0.4, -0.2) is 21.3 Å². The van der Waals surface area contributed by atoms with E-state index in [1.54, 1.807) is 6.07 Å². The minimum absolute atomic E-state index is 0.0421. The summed E-state index contributed by atoms with van der Waals surface area (Å²) >= 11 is 0. The fourth-order valence-corrected chi connectivity index (χ4v) is 6.33. The van der Waals surface area contributed by atoms with Crippen molar-refractivity contribution in [3.05, 3.63) is 46.0 Å². The van der Waals surface area contributed by atoms with Gasteiger partial charge in [0.2, 0.25) is 0 Å². The number of phenols is 2. The molecule has 2 aromatic carbocycles. The predicted octanol–water partition coefficient (Wildman–Crippen LogP) is 7.20. The molecular weight excluding hydrogens is 412 g/mol. The maximum atomic E-state index is 12.1. The number of aromatic hydroxyl groups is 2. The summed E-state index contributed by atoms with van der Waals surface area (Å²) in [5.41, 5.74) is 5.32. The van der Waals surface area contributed by atoms with Crippen molar-refractivity contribution in [1.29, 1.82) is 0 Å². The molecule has 0 bridgehead atoms. The van der Waals surface area contributed by atoms with Crippen LogP contribution in [0.5, 0.6) is 11.5 Å². The third-order valence-electron chi connectivity index (χ3n) is 9.02. The number of carboxylic acid groups (broad SMARTS) is 1. The van der Waals surface area contributed by atoms with E-state index in [9.17, 15) is 20.1 Å². The number of aliphatic carboxylic acids is 1. The molecule has 2 aromatic rings. The van der Waals surface area contributed by atoms with Crippen LogP contribution in [0.1, 0.15) is 82.9 Å². The summed E-state index contributed by atoms with van der Waals surface area (Å²) in [5.74, 6) is -0.819. The summed E-state index contributed by atoms with van der Waals surface area (Å²) in [6, 6.07) is 5.80. The lowest BCUT2D eigenvalue weighted by molar-refractivity contribution is -0.150. The average molecular weight is 451 g/mol. The van der Waals surface area contributed by atoms with Gasteiger partial charge < -0.3 is 15.3 Å². The molecule has 3 N–H and O–H groups in total. The summed E-state index contributed by atoms with van der Waals surface area (Å²) < 4.78 is 0. The first kappa shape index (κ1) is 23.7. The van der Waals surface area contributed by atoms with Gasteiger partial charge in [0.1, 0.15) is 0 Å². The van der Waals surface area contributed by atoms with Crippen LogP contribution in [-0.2, 0) is 11.2 Å². The highest BCUT2D eigenvalue weighted by Gasteiger charge is 2.49. The fraction of sp³-hybridized carbons (Fsp3) is 0.552. The van der Waals surface area contributed by atoms with Gasteiger partial charge in [-0.15, -0.1) is 0 Å². The number of phenolic OH excluding ortho intramolecular Hbond substituents is 2. The molecule has 0 amide bonds. The Labute approximate surface area is 197 Å². The third-order valence-corrected chi connectivity index (χ3v) is 9.02. The van der Waals surface area contributed by atoms with E-state index in [0.29, 0.717) is 12.0 Å². The summed E-state index contributed by atoms with van der Waals surface area (Å²) in [6.07, 6.45) is 6.26. The zero-order chi connectivity index (χ0) is 24.3. The Kier molecular flexibility index (Phi) is 5.58. The number of carboxylic acids is 1. The van der Waals surface area contributed by atoms with Crippen molar-refractivity contribution in [3.63, 3.8) is 0 Å². The topological polar surface area (TPSA) is 77.8 Å². The van der Waals surface area contributed by atoms with Crippen LogP contribution in [0.25, 0.3) is 10.8 Å². The van der Waals surface area contributed by atoms with E-state index in [-0.39, 0.29) is 22.3 Å². The van der Waals surface area contributed by atoms with E-state index in [0.717, 1.165) is 49.3 Å². The molecule has 0 aliphatic heterocycles. The van der Waals surface area contributed by atoms with Crippen LogP contribution in [0.3, 0.4) is 0 Å². The van der Waals surface area contributed by atoms with Gasteiger partial charge in [0.15, 0.2) is 11.5 Å². The van der Waals surface area contributed by atoms with Gasteiger partial charge in [-0.05, 0) is 105 Å². The average Bonchev–Trinajstić information content (AvgIpc) is 2.74. The number of carbonyl (C=O) groups is 1. The Balaban J connectivity index is 1.80. The number of hydrogen-bond acceptors (Lipinski definition) is 3. The van der Waals surface area contributed by atoms with Gasteiger partial charge in [0.05, 0.1) is 5.41 Å². The quantitative estimate of drug-likeness (QED) is 0.340. The number of fused-ring (bicyclic) bond motifs is 2. The molecule has 2 aliphatic rings. The lowest BCUT2D eigenvalue weighted by atomic mass is 9.53. The van der Waals surface area contributed by atoms with Gasteiger partial charge in [-0.25, -0.2) is 0 Å². The molecule has 33 heavy (non-hydrogen) atoms. The number of benzene rings is 2. The molecule has 0 spiro atoms. The van der Waals surface area contributed by atoms with E-state index in [1.165, 1.54) is 22.3 Å². The van der Waals surface area contributed by atoms with Gasteiger partial charge in [0.25, 0.3) is 0 Å². The highest BCUT2D eigenvalue weighted by Crippen LogP contribution is 2.59. The molecule has 4 heteroatoms. The Morgan fingerprint density at radius 3 is 2.27 bits per heavy atom. The molecule has 1 saturated carbocycles. The molecule has 0 saturated heterocycles. The number of rotatable bonds is 4. The van der Waals surface area contributed by atoms with E-state index in [2.05, 4.69) is 33.8 Å². The smallest absolute Gasteiger partial charge is 0.309 e. The van der Waals surface area contributed by atoms with Gasteiger partial charge in [-0.3, -0.25) is 4.79 Å². The maximum Gasteiger partial charge on any atom is 0.309 e. The second-order valence-corrected chi connectivity index (χ2v) is 11.8. The zero-order valence-electron chi connectivity index (χ0n) is 20.9. The highest BCUT2D eigenvalue weighted by atomic mass is 16.4. The second kappa shape index (κ2) is 7.78. The lowest BCUT2D eigenvalue weighted by Crippen LogP contribution is -2.42. The third kappa shape index (κ3) is 3.82. The van der Waals surface area contributed by atoms with Crippen molar-refractivity contribution >= 4 is 16.7 Å². The van der Waals surface area contributed by atoms with E-state index in [1.807, 2.05) is 19.9 Å². The van der Waals surface area contributed by atoms with Crippen molar-refractivity contribution in [3.8, 4) is 11.5 Å². The van der Waals surface area contributed by atoms with Crippen LogP contribution in [0.4, 0.5) is 0 Å². The normalized spacial score (nSPS) is 27.0. The van der Waals surface area contributed by atoms with Crippen molar-refractivity contribution < 1.29 is 20.1 Å². The van der Waals surface area contributed by atoms with Crippen LogP contribution < -0.4 is 0 Å². The Morgan fingerprint density at radius 1 is 0.939 bits per heavy atom. The monoisotopic (exact) mass is 450 g/mol. The van der Waals surface area contributed by atoms with Crippen LogP contribution in [0.15, 0.2) is 29.3 Å². The molecule has 4 nitrogen and oxygen atoms in total. The fourth-order valence-electron chi connectivity index (χ4n) is 6.33. The van der Waals surface area contributed by atoms with Crippen LogP contribution >= 0.6 is 0 Å². The van der Waals surface area contributed by atoms with Crippen molar-refractivity contribution in [2.45, 2.75) is 86.5 Å². The lowest BCUT2D eigenvalue weighted by Gasteiger charge is -2.51. The minimum atomic E-state index is -0.691. The van der Waals surface area contributed by atoms with Crippen LogP contribution in [0, 0.1) is 30.1 Å². The molecule has 1 fully saturated rings. The van der Waals surface area contributed by atoms with E-state index in [4.69, 9.17) is 0 Å².